The summed E-state index contributed by atoms with van der Waals surface area (Å²) in [6.07, 6.45) is 2.82. The molecular formula is C15H22FNO4S. The van der Waals surface area contributed by atoms with Gasteiger partial charge in [-0.3, -0.25) is 0 Å². The fourth-order valence-electron chi connectivity index (χ4n) is 2.20. The normalized spacial score (nSPS) is 18.7. The lowest BCUT2D eigenvalue weighted by atomic mass is 10.2. The van der Waals surface area contributed by atoms with Crippen LogP contribution in [-0.2, 0) is 19.5 Å². The van der Waals surface area contributed by atoms with Crippen molar-refractivity contribution in [1.29, 1.82) is 0 Å². The van der Waals surface area contributed by atoms with E-state index >= 15 is 0 Å². The fourth-order valence-corrected chi connectivity index (χ4v) is 3.28. The molecule has 7 heteroatoms. The maximum Gasteiger partial charge on any atom is 0.240 e. The van der Waals surface area contributed by atoms with Gasteiger partial charge in [0.25, 0.3) is 0 Å². The van der Waals surface area contributed by atoms with E-state index in [1.165, 1.54) is 12.1 Å². The molecule has 1 fully saturated rings. The van der Waals surface area contributed by atoms with Crippen molar-refractivity contribution in [2.75, 3.05) is 26.4 Å². The summed E-state index contributed by atoms with van der Waals surface area (Å²) in [5.41, 5.74) is 0.418. The average molecular weight is 331 g/mol. The second kappa shape index (κ2) is 8.01. The molecule has 1 aliphatic heterocycles. The molecule has 0 amide bonds. The quantitative estimate of drug-likeness (QED) is 0.740. The highest BCUT2D eigenvalue weighted by Gasteiger charge is 2.16. The molecule has 1 N–H and O–H groups in total. The van der Waals surface area contributed by atoms with Gasteiger partial charge in [-0.2, -0.15) is 0 Å². The Labute approximate surface area is 130 Å². The zero-order chi connectivity index (χ0) is 16.0. The minimum Gasteiger partial charge on any atom is -0.379 e. The van der Waals surface area contributed by atoms with Gasteiger partial charge in [-0.05, 0) is 43.9 Å². The molecule has 0 aliphatic carbocycles. The van der Waals surface area contributed by atoms with Crippen LogP contribution in [0.1, 0.15) is 24.8 Å². The summed E-state index contributed by atoms with van der Waals surface area (Å²) >= 11 is 0. The van der Waals surface area contributed by atoms with Gasteiger partial charge in [-0.25, -0.2) is 17.5 Å². The van der Waals surface area contributed by atoms with E-state index in [4.69, 9.17) is 9.47 Å². The zero-order valence-corrected chi connectivity index (χ0v) is 13.5. The Morgan fingerprint density at radius 3 is 2.95 bits per heavy atom. The largest absolute Gasteiger partial charge is 0.379 e. The highest BCUT2D eigenvalue weighted by atomic mass is 32.2. The van der Waals surface area contributed by atoms with Crippen LogP contribution in [0.15, 0.2) is 23.1 Å². The lowest BCUT2D eigenvalue weighted by Gasteiger charge is -2.10. The third-order valence-electron chi connectivity index (χ3n) is 3.54. The van der Waals surface area contributed by atoms with Crippen molar-refractivity contribution in [3.05, 3.63) is 29.6 Å². The van der Waals surface area contributed by atoms with E-state index < -0.39 is 15.8 Å². The first-order chi connectivity index (χ1) is 10.5. The standard InChI is InChI=1S/C15H22FNO4S/c1-12-5-6-14(10-15(12)16)22(18,19)17-7-3-8-20-11-13-4-2-9-21-13/h5-6,10,13,17H,2-4,7-9,11H2,1H3. The van der Waals surface area contributed by atoms with Crippen LogP contribution in [0.25, 0.3) is 0 Å². The van der Waals surface area contributed by atoms with Crippen LogP contribution in [0.5, 0.6) is 0 Å². The number of aryl methyl sites for hydroxylation is 1. The van der Waals surface area contributed by atoms with Crippen molar-refractivity contribution in [2.24, 2.45) is 0 Å². The van der Waals surface area contributed by atoms with Gasteiger partial charge in [0.15, 0.2) is 0 Å². The van der Waals surface area contributed by atoms with Gasteiger partial charge in [0, 0.05) is 19.8 Å². The Hall–Kier alpha value is -1.02. The van der Waals surface area contributed by atoms with Crippen LogP contribution in [0, 0.1) is 12.7 Å². The van der Waals surface area contributed by atoms with Gasteiger partial charge in [0.1, 0.15) is 5.82 Å². The molecule has 1 aliphatic rings. The first kappa shape index (κ1) is 17.3. The molecule has 0 aromatic heterocycles. The molecule has 0 spiro atoms. The van der Waals surface area contributed by atoms with Crippen molar-refractivity contribution in [1.82, 2.24) is 4.72 Å². The molecule has 0 saturated carbocycles. The number of hydrogen-bond donors (Lipinski definition) is 1. The second-order valence-corrected chi connectivity index (χ2v) is 7.14. The molecular weight excluding hydrogens is 309 g/mol. The van der Waals surface area contributed by atoms with E-state index in [-0.39, 0.29) is 17.5 Å². The van der Waals surface area contributed by atoms with E-state index in [2.05, 4.69) is 4.72 Å². The highest BCUT2D eigenvalue weighted by molar-refractivity contribution is 7.89. The molecule has 0 radical (unpaired) electrons. The molecule has 0 bridgehead atoms. The average Bonchev–Trinajstić information content (AvgIpc) is 2.98. The van der Waals surface area contributed by atoms with E-state index in [1.54, 1.807) is 6.92 Å². The summed E-state index contributed by atoms with van der Waals surface area (Å²) in [6, 6.07) is 3.88. The Balaban J connectivity index is 1.69. The van der Waals surface area contributed by atoms with Crippen molar-refractivity contribution in [3.8, 4) is 0 Å². The summed E-state index contributed by atoms with van der Waals surface area (Å²) in [4.78, 5) is -0.0594. The van der Waals surface area contributed by atoms with E-state index in [0.717, 1.165) is 25.5 Å². The maximum atomic E-state index is 13.4. The molecule has 1 saturated heterocycles. The van der Waals surface area contributed by atoms with Crippen molar-refractivity contribution >= 4 is 10.0 Å². The van der Waals surface area contributed by atoms with Crippen LogP contribution < -0.4 is 4.72 Å². The number of nitrogens with one attached hydrogen (secondary N) is 1. The highest BCUT2D eigenvalue weighted by Crippen LogP contribution is 2.14. The number of benzene rings is 1. The van der Waals surface area contributed by atoms with Gasteiger partial charge >= 0.3 is 0 Å². The third-order valence-corrected chi connectivity index (χ3v) is 5.00. The molecule has 1 heterocycles. The van der Waals surface area contributed by atoms with E-state index in [9.17, 15) is 12.8 Å². The molecule has 1 aromatic rings. The molecule has 2 rings (SSSR count). The van der Waals surface area contributed by atoms with Crippen LogP contribution in [0.2, 0.25) is 0 Å². The van der Waals surface area contributed by atoms with Crippen molar-refractivity contribution in [2.45, 2.75) is 37.2 Å². The molecule has 1 atom stereocenters. The Kier molecular flexibility index (Phi) is 6.31. The van der Waals surface area contributed by atoms with E-state index in [0.29, 0.717) is 25.2 Å². The molecule has 5 nitrogen and oxygen atoms in total. The number of hydrogen-bond acceptors (Lipinski definition) is 4. The second-order valence-electron chi connectivity index (χ2n) is 5.37. The van der Waals surface area contributed by atoms with Crippen LogP contribution in [-0.4, -0.2) is 40.9 Å². The molecule has 1 unspecified atom stereocenters. The van der Waals surface area contributed by atoms with Gasteiger partial charge in [-0.1, -0.05) is 6.07 Å². The van der Waals surface area contributed by atoms with Gasteiger partial charge < -0.3 is 9.47 Å². The van der Waals surface area contributed by atoms with Gasteiger partial charge in [-0.15, -0.1) is 0 Å². The summed E-state index contributed by atoms with van der Waals surface area (Å²) in [5.74, 6) is -0.525. The van der Waals surface area contributed by atoms with Crippen molar-refractivity contribution < 1.29 is 22.3 Å². The first-order valence-electron chi connectivity index (χ1n) is 7.44. The molecule has 22 heavy (non-hydrogen) atoms. The fraction of sp³-hybridized carbons (Fsp3) is 0.600. The predicted octanol–water partition coefficient (Wildman–Crippen LogP) is 2.00. The lowest BCUT2D eigenvalue weighted by molar-refractivity contribution is 0.0169. The number of rotatable bonds is 8. The number of ether oxygens (including phenoxy) is 2. The van der Waals surface area contributed by atoms with Crippen LogP contribution in [0.3, 0.4) is 0 Å². The first-order valence-corrected chi connectivity index (χ1v) is 8.92. The van der Waals surface area contributed by atoms with E-state index in [1.807, 2.05) is 0 Å². The molecule has 124 valence electrons. The van der Waals surface area contributed by atoms with Crippen LogP contribution >= 0.6 is 0 Å². The maximum absolute atomic E-state index is 13.4. The Morgan fingerprint density at radius 2 is 2.27 bits per heavy atom. The summed E-state index contributed by atoms with van der Waals surface area (Å²) in [7, 11) is -3.67. The lowest BCUT2D eigenvalue weighted by Crippen LogP contribution is -2.26. The summed E-state index contributed by atoms with van der Waals surface area (Å²) in [5, 5.41) is 0. The zero-order valence-electron chi connectivity index (χ0n) is 12.7. The summed E-state index contributed by atoms with van der Waals surface area (Å²) < 4.78 is 50.7. The molecule has 1 aromatic carbocycles. The Bertz CT molecular complexity index is 585. The van der Waals surface area contributed by atoms with Gasteiger partial charge in [0.2, 0.25) is 10.0 Å². The minimum atomic E-state index is -3.67. The minimum absolute atomic E-state index is 0.0594. The SMILES string of the molecule is Cc1ccc(S(=O)(=O)NCCCOCC2CCCO2)cc1F. The topological polar surface area (TPSA) is 64.6 Å². The predicted molar refractivity (Wildman–Crippen MR) is 80.7 cm³/mol. The number of halogens is 1. The Morgan fingerprint density at radius 1 is 1.45 bits per heavy atom. The third kappa shape index (κ3) is 5.01. The van der Waals surface area contributed by atoms with Gasteiger partial charge in [0.05, 0.1) is 17.6 Å². The summed E-state index contributed by atoms with van der Waals surface area (Å²) in [6.45, 7) is 3.65. The smallest absolute Gasteiger partial charge is 0.240 e. The van der Waals surface area contributed by atoms with Crippen LogP contribution in [0.4, 0.5) is 4.39 Å². The van der Waals surface area contributed by atoms with Crippen molar-refractivity contribution in [3.63, 3.8) is 0 Å². The monoisotopic (exact) mass is 331 g/mol. The number of sulfonamides is 1.